The molecule has 7 nitrogen and oxygen atoms in total. The molecule has 9 heteroatoms. The highest BCUT2D eigenvalue weighted by Crippen LogP contribution is 2.30. The summed E-state index contributed by atoms with van der Waals surface area (Å²) in [6.45, 7) is 0.628. The van der Waals surface area contributed by atoms with Crippen molar-refractivity contribution in [2.45, 2.75) is 18.9 Å². The van der Waals surface area contributed by atoms with Gasteiger partial charge in [0.2, 0.25) is 5.91 Å². The van der Waals surface area contributed by atoms with Gasteiger partial charge in [-0.2, -0.15) is 0 Å². The Bertz CT molecular complexity index is 695. The molecule has 1 saturated heterocycles. The predicted octanol–water partition coefficient (Wildman–Crippen LogP) is 2.29. The summed E-state index contributed by atoms with van der Waals surface area (Å²) in [5, 5.41) is 14.2. The second-order valence-corrected chi connectivity index (χ2v) is 7.33. The third-order valence-corrected chi connectivity index (χ3v) is 5.34. The van der Waals surface area contributed by atoms with E-state index in [0.717, 1.165) is 18.9 Å². The Balaban J connectivity index is 1.78. The van der Waals surface area contributed by atoms with Crippen LogP contribution in [0.3, 0.4) is 0 Å². The number of carbonyl (C=O) groups excluding carboxylic acids is 2. The predicted molar refractivity (Wildman–Crippen MR) is 91.1 cm³/mol. The second-order valence-electron chi connectivity index (χ2n) is 5.90. The first kappa shape index (κ1) is 17.0. The summed E-state index contributed by atoms with van der Waals surface area (Å²) >= 11 is 7.24. The van der Waals surface area contributed by atoms with Gasteiger partial charge in [-0.25, -0.2) is 0 Å². The summed E-state index contributed by atoms with van der Waals surface area (Å²) < 4.78 is 0. The van der Waals surface area contributed by atoms with E-state index in [1.165, 1.54) is 28.8 Å². The van der Waals surface area contributed by atoms with Crippen LogP contribution in [0.4, 0.5) is 5.69 Å². The van der Waals surface area contributed by atoms with E-state index in [4.69, 9.17) is 11.6 Å². The average Bonchev–Trinajstić information content (AvgIpc) is 3.25. The van der Waals surface area contributed by atoms with E-state index in [-0.39, 0.29) is 22.2 Å². The number of nitrogens with one attached hydrogen (secondary N) is 1. The molecule has 1 saturated carbocycles. The Morgan fingerprint density at radius 3 is 2.83 bits per heavy atom. The van der Waals surface area contributed by atoms with Gasteiger partial charge in [-0.3, -0.25) is 19.7 Å². The smallest absolute Gasteiger partial charge is 0.283 e. The summed E-state index contributed by atoms with van der Waals surface area (Å²) in [5.74, 6) is 0.653. The number of carbonyl (C=O) groups is 2. The maximum Gasteiger partial charge on any atom is 0.283 e. The van der Waals surface area contributed by atoms with Crippen molar-refractivity contribution < 1.29 is 14.5 Å². The van der Waals surface area contributed by atoms with Gasteiger partial charge in [0.25, 0.3) is 11.6 Å². The topological polar surface area (TPSA) is 92.6 Å². The molecule has 0 bridgehead atoms. The van der Waals surface area contributed by atoms with Gasteiger partial charge in [0.05, 0.1) is 10.8 Å². The molecule has 1 heterocycles. The van der Waals surface area contributed by atoms with Crippen LogP contribution in [0.2, 0.25) is 5.02 Å². The zero-order valence-electron chi connectivity index (χ0n) is 12.7. The molecule has 0 spiro atoms. The second kappa shape index (κ2) is 6.98. The fourth-order valence-electron chi connectivity index (χ4n) is 2.54. The van der Waals surface area contributed by atoms with Crippen molar-refractivity contribution in [3.05, 3.63) is 38.9 Å². The number of amides is 2. The van der Waals surface area contributed by atoms with Crippen LogP contribution in [0.1, 0.15) is 23.2 Å². The number of nitrogens with zero attached hydrogens (tertiary/aromatic N) is 2. The van der Waals surface area contributed by atoms with Crippen molar-refractivity contribution in [3.8, 4) is 0 Å². The summed E-state index contributed by atoms with van der Waals surface area (Å²) in [6, 6.07) is 3.33. The van der Waals surface area contributed by atoms with Gasteiger partial charge in [0.15, 0.2) is 0 Å². The van der Waals surface area contributed by atoms with Gasteiger partial charge in [-0.05, 0) is 30.9 Å². The minimum atomic E-state index is -0.634. The van der Waals surface area contributed by atoms with Crippen molar-refractivity contribution in [1.82, 2.24) is 10.2 Å². The molecule has 1 aromatic rings. The maximum absolute atomic E-state index is 12.7. The van der Waals surface area contributed by atoms with Gasteiger partial charge < -0.3 is 10.2 Å². The normalized spacial score (nSPS) is 20.0. The van der Waals surface area contributed by atoms with Crippen molar-refractivity contribution in [3.63, 3.8) is 0 Å². The first-order valence-corrected chi connectivity index (χ1v) is 9.11. The first-order valence-electron chi connectivity index (χ1n) is 7.57. The molecular weight excluding hydrogens is 354 g/mol. The SMILES string of the molecule is O=C(NCC1CC1)C1CSCN1C(=O)c1ccc(Cl)cc1[N+](=O)[O-]. The molecule has 1 aromatic carbocycles. The van der Waals surface area contributed by atoms with Gasteiger partial charge in [-0.15, -0.1) is 11.8 Å². The number of hydrogen-bond acceptors (Lipinski definition) is 5. The quantitative estimate of drug-likeness (QED) is 0.635. The third-order valence-electron chi connectivity index (χ3n) is 4.09. The van der Waals surface area contributed by atoms with Crippen LogP contribution in [0.25, 0.3) is 0 Å². The van der Waals surface area contributed by atoms with E-state index < -0.39 is 16.9 Å². The van der Waals surface area contributed by atoms with Crippen LogP contribution in [-0.4, -0.2) is 45.9 Å². The van der Waals surface area contributed by atoms with Crippen LogP contribution in [0.5, 0.6) is 0 Å². The number of rotatable bonds is 5. The molecule has 24 heavy (non-hydrogen) atoms. The zero-order chi connectivity index (χ0) is 17.3. The lowest BCUT2D eigenvalue weighted by Crippen LogP contribution is -2.47. The fourth-order valence-corrected chi connectivity index (χ4v) is 3.86. The highest BCUT2D eigenvalue weighted by molar-refractivity contribution is 7.99. The average molecular weight is 370 g/mol. The summed E-state index contributed by atoms with van der Waals surface area (Å²) in [7, 11) is 0. The molecule has 3 rings (SSSR count). The molecular formula is C15H16ClN3O4S. The number of nitro benzene ring substituents is 1. The molecule has 1 aliphatic heterocycles. The molecule has 0 aromatic heterocycles. The zero-order valence-corrected chi connectivity index (χ0v) is 14.3. The van der Waals surface area contributed by atoms with Gasteiger partial charge in [0.1, 0.15) is 11.6 Å². The highest BCUT2D eigenvalue weighted by atomic mass is 35.5. The Hall–Kier alpha value is -1.80. The van der Waals surface area contributed by atoms with E-state index in [1.807, 2.05) is 0 Å². The Morgan fingerprint density at radius 1 is 1.42 bits per heavy atom. The van der Waals surface area contributed by atoms with Crippen LogP contribution in [0, 0.1) is 16.0 Å². The number of thioether (sulfide) groups is 1. The summed E-state index contributed by atoms with van der Waals surface area (Å²) in [5.41, 5.74) is -0.395. The van der Waals surface area contributed by atoms with E-state index in [0.29, 0.717) is 24.1 Å². The van der Waals surface area contributed by atoms with Crippen LogP contribution in [-0.2, 0) is 4.79 Å². The standard InChI is InChI=1S/C15H16ClN3O4S/c16-10-3-4-11(12(5-10)19(22)23)15(21)18-8-24-7-13(18)14(20)17-6-9-1-2-9/h3-5,9,13H,1-2,6-8H2,(H,17,20). The molecule has 1 N–H and O–H groups in total. The molecule has 2 aliphatic rings. The van der Waals surface area contributed by atoms with E-state index >= 15 is 0 Å². The van der Waals surface area contributed by atoms with Gasteiger partial charge in [0, 0.05) is 23.4 Å². The van der Waals surface area contributed by atoms with Gasteiger partial charge >= 0.3 is 0 Å². The monoisotopic (exact) mass is 369 g/mol. The van der Waals surface area contributed by atoms with E-state index in [2.05, 4.69) is 5.32 Å². The minimum absolute atomic E-state index is 0.0492. The first-order chi connectivity index (χ1) is 11.5. The van der Waals surface area contributed by atoms with Crippen molar-refractivity contribution in [1.29, 1.82) is 0 Å². The Kier molecular flexibility index (Phi) is 4.96. The molecule has 0 radical (unpaired) electrons. The number of benzene rings is 1. The van der Waals surface area contributed by atoms with Crippen LogP contribution in [0.15, 0.2) is 18.2 Å². The summed E-state index contributed by atoms with van der Waals surface area (Å²) in [4.78, 5) is 37.0. The lowest BCUT2D eigenvalue weighted by atomic mass is 10.1. The van der Waals surface area contributed by atoms with Crippen LogP contribution >= 0.6 is 23.4 Å². The number of hydrogen-bond donors (Lipinski definition) is 1. The highest BCUT2D eigenvalue weighted by Gasteiger charge is 2.37. The Morgan fingerprint density at radius 2 is 2.17 bits per heavy atom. The van der Waals surface area contributed by atoms with Crippen molar-refractivity contribution >= 4 is 40.9 Å². The van der Waals surface area contributed by atoms with E-state index in [1.54, 1.807) is 0 Å². The maximum atomic E-state index is 12.7. The molecule has 1 aliphatic carbocycles. The largest absolute Gasteiger partial charge is 0.354 e. The lowest BCUT2D eigenvalue weighted by Gasteiger charge is -2.23. The molecule has 2 fully saturated rings. The lowest BCUT2D eigenvalue weighted by molar-refractivity contribution is -0.385. The number of halogens is 1. The van der Waals surface area contributed by atoms with Crippen molar-refractivity contribution in [2.75, 3.05) is 18.2 Å². The van der Waals surface area contributed by atoms with Crippen molar-refractivity contribution in [2.24, 2.45) is 5.92 Å². The third kappa shape index (κ3) is 3.64. The fraction of sp³-hybridized carbons (Fsp3) is 0.467. The van der Waals surface area contributed by atoms with Gasteiger partial charge in [-0.1, -0.05) is 11.6 Å². The minimum Gasteiger partial charge on any atom is -0.354 e. The Labute approximate surface area is 147 Å². The molecule has 2 amide bonds. The molecule has 1 unspecified atom stereocenters. The molecule has 1 atom stereocenters. The molecule has 128 valence electrons. The summed E-state index contributed by atoms with van der Waals surface area (Å²) in [6.07, 6.45) is 2.25. The van der Waals surface area contributed by atoms with Crippen LogP contribution < -0.4 is 5.32 Å². The van der Waals surface area contributed by atoms with E-state index in [9.17, 15) is 19.7 Å². The number of nitro groups is 1.